The molecule has 1 aromatic rings. The predicted molar refractivity (Wildman–Crippen MR) is 66.8 cm³/mol. The molecule has 1 atom stereocenters. The van der Waals surface area contributed by atoms with Gasteiger partial charge in [0.05, 0.1) is 24.2 Å². The standard InChI is InChI=1S/C13H21N3O/c1-9(2)10(3)17-13-8-15-12(7-16-13)6-14-11-4-5-11/h7-11,14H,4-6H2,1-3H3. The van der Waals surface area contributed by atoms with Crippen LogP contribution in [-0.4, -0.2) is 22.1 Å². The molecule has 0 amide bonds. The quantitative estimate of drug-likeness (QED) is 0.820. The van der Waals surface area contributed by atoms with Gasteiger partial charge in [0.2, 0.25) is 5.88 Å². The molecule has 0 saturated heterocycles. The van der Waals surface area contributed by atoms with Crippen molar-refractivity contribution in [2.75, 3.05) is 0 Å². The summed E-state index contributed by atoms with van der Waals surface area (Å²) in [7, 11) is 0. The minimum absolute atomic E-state index is 0.166. The van der Waals surface area contributed by atoms with E-state index in [9.17, 15) is 0 Å². The molecule has 0 spiro atoms. The summed E-state index contributed by atoms with van der Waals surface area (Å²) in [6.45, 7) is 7.12. The van der Waals surface area contributed by atoms with Crippen LogP contribution in [-0.2, 0) is 6.54 Å². The first-order valence-electron chi connectivity index (χ1n) is 6.36. The molecule has 0 aromatic carbocycles. The first kappa shape index (κ1) is 12.3. The van der Waals surface area contributed by atoms with E-state index in [1.54, 1.807) is 12.4 Å². The highest BCUT2D eigenvalue weighted by atomic mass is 16.5. The number of nitrogens with zero attached hydrogens (tertiary/aromatic N) is 2. The van der Waals surface area contributed by atoms with E-state index in [1.165, 1.54) is 12.8 Å². The van der Waals surface area contributed by atoms with Gasteiger partial charge in [0.25, 0.3) is 0 Å². The minimum atomic E-state index is 0.166. The molecule has 1 unspecified atom stereocenters. The number of rotatable bonds is 6. The maximum Gasteiger partial charge on any atom is 0.232 e. The molecule has 1 heterocycles. The van der Waals surface area contributed by atoms with Crippen LogP contribution in [0.4, 0.5) is 0 Å². The molecule has 1 saturated carbocycles. The van der Waals surface area contributed by atoms with E-state index in [0.29, 0.717) is 17.8 Å². The average Bonchev–Trinajstić information content (AvgIpc) is 3.12. The first-order valence-corrected chi connectivity index (χ1v) is 6.36. The molecule has 0 bridgehead atoms. The van der Waals surface area contributed by atoms with Crippen molar-refractivity contribution in [3.8, 4) is 5.88 Å². The predicted octanol–water partition coefficient (Wildman–Crippen LogP) is 2.15. The van der Waals surface area contributed by atoms with Crippen molar-refractivity contribution in [2.45, 2.75) is 52.3 Å². The van der Waals surface area contributed by atoms with Crippen molar-refractivity contribution in [3.63, 3.8) is 0 Å². The van der Waals surface area contributed by atoms with Crippen molar-refractivity contribution in [1.29, 1.82) is 0 Å². The Kier molecular flexibility index (Phi) is 3.94. The van der Waals surface area contributed by atoms with Gasteiger partial charge in [0.1, 0.15) is 0 Å². The van der Waals surface area contributed by atoms with E-state index >= 15 is 0 Å². The highest BCUT2D eigenvalue weighted by Crippen LogP contribution is 2.19. The molecule has 94 valence electrons. The Morgan fingerprint density at radius 3 is 2.59 bits per heavy atom. The fourth-order valence-corrected chi connectivity index (χ4v) is 1.36. The van der Waals surface area contributed by atoms with Gasteiger partial charge < -0.3 is 10.1 Å². The molecule has 1 aromatic heterocycles. The second-order valence-electron chi connectivity index (χ2n) is 5.07. The molecule has 0 radical (unpaired) electrons. The molecule has 4 nitrogen and oxygen atoms in total. The zero-order chi connectivity index (χ0) is 12.3. The average molecular weight is 235 g/mol. The zero-order valence-electron chi connectivity index (χ0n) is 10.8. The Hall–Kier alpha value is -1.16. The third kappa shape index (κ3) is 3.97. The van der Waals surface area contributed by atoms with E-state index in [-0.39, 0.29) is 6.10 Å². The number of hydrogen-bond acceptors (Lipinski definition) is 4. The van der Waals surface area contributed by atoms with Crippen LogP contribution in [0.1, 0.15) is 39.3 Å². The normalized spacial score (nSPS) is 17.2. The minimum Gasteiger partial charge on any atom is -0.473 e. The Morgan fingerprint density at radius 2 is 2.06 bits per heavy atom. The fourth-order valence-electron chi connectivity index (χ4n) is 1.36. The third-order valence-corrected chi connectivity index (χ3v) is 3.08. The van der Waals surface area contributed by atoms with Crippen molar-refractivity contribution >= 4 is 0 Å². The summed E-state index contributed by atoms with van der Waals surface area (Å²) in [6, 6.07) is 0.702. The summed E-state index contributed by atoms with van der Waals surface area (Å²) < 4.78 is 5.67. The molecule has 1 N–H and O–H groups in total. The van der Waals surface area contributed by atoms with Crippen molar-refractivity contribution in [2.24, 2.45) is 5.92 Å². The van der Waals surface area contributed by atoms with Crippen molar-refractivity contribution in [1.82, 2.24) is 15.3 Å². The maximum absolute atomic E-state index is 5.67. The summed E-state index contributed by atoms with van der Waals surface area (Å²) in [4.78, 5) is 8.62. The van der Waals surface area contributed by atoms with Crippen LogP contribution in [0.2, 0.25) is 0 Å². The zero-order valence-corrected chi connectivity index (χ0v) is 10.8. The van der Waals surface area contributed by atoms with Gasteiger partial charge in [-0.05, 0) is 25.7 Å². The van der Waals surface area contributed by atoms with Gasteiger partial charge in [-0.2, -0.15) is 0 Å². The number of ether oxygens (including phenoxy) is 1. The highest BCUT2D eigenvalue weighted by molar-refractivity contribution is 5.08. The van der Waals surface area contributed by atoms with E-state index < -0.39 is 0 Å². The molecule has 0 aliphatic heterocycles. The number of aromatic nitrogens is 2. The number of hydrogen-bond donors (Lipinski definition) is 1. The molecule has 1 aliphatic carbocycles. The lowest BCUT2D eigenvalue weighted by Gasteiger charge is -2.16. The SMILES string of the molecule is CC(C)C(C)Oc1cnc(CNC2CC2)cn1. The van der Waals surface area contributed by atoms with Crippen LogP contribution < -0.4 is 10.1 Å². The van der Waals surface area contributed by atoms with Gasteiger partial charge in [-0.3, -0.25) is 4.98 Å². The van der Waals surface area contributed by atoms with Crippen LogP contribution in [0.5, 0.6) is 5.88 Å². The second-order valence-corrected chi connectivity index (χ2v) is 5.07. The Morgan fingerprint density at radius 1 is 1.29 bits per heavy atom. The van der Waals surface area contributed by atoms with Crippen LogP contribution in [0, 0.1) is 5.92 Å². The lowest BCUT2D eigenvalue weighted by atomic mass is 10.1. The first-order chi connectivity index (χ1) is 8.15. The van der Waals surface area contributed by atoms with Gasteiger partial charge in [0, 0.05) is 12.6 Å². The topological polar surface area (TPSA) is 47.0 Å². The lowest BCUT2D eigenvalue weighted by molar-refractivity contribution is 0.162. The Labute approximate surface area is 103 Å². The van der Waals surface area contributed by atoms with Crippen molar-refractivity contribution in [3.05, 3.63) is 18.1 Å². The molecule has 17 heavy (non-hydrogen) atoms. The number of nitrogens with one attached hydrogen (secondary N) is 1. The molecule has 1 aliphatic rings. The third-order valence-electron chi connectivity index (χ3n) is 3.08. The molecule has 1 fully saturated rings. The molecular formula is C13H21N3O. The monoisotopic (exact) mass is 235 g/mol. The van der Waals surface area contributed by atoms with Gasteiger partial charge in [-0.15, -0.1) is 0 Å². The Bertz CT molecular complexity index is 346. The largest absolute Gasteiger partial charge is 0.473 e. The van der Waals surface area contributed by atoms with E-state index in [0.717, 1.165) is 12.2 Å². The maximum atomic E-state index is 5.67. The van der Waals surface area contributed by atoms with Crippen LogP contribution in [0.3, 0.4) is 0 Å². The summed E-state index contributed by atoms with van der Waals surface area (Å²) >= 11 is 0. The van der Waals surface area contributed by atoms with Crippen LogP contribution in [0.25, 0.3) is 0 Å². The summed E-state index contributed by atoms with van der Waals surface area (Å²) in [6.07, 6.45) is 6.25. The van der Waals surface area contributed by atoms with Crippen LogP contribution in [0.15, 0.2) is 12.4 Å². The van der Waals surface area contributed by atoms with Crippen LogP contribution >= 0.6 is 0 Å². The van der Waals surface area contributed by atoms with E-state index in [1.807, 2.05) is 0 Å². The summed E-state index contributed by atoms with van der Waals surface area (Å²) in [5, 5.41) is 3.41. The highest BCUT2D eigenvalue weighted by Gasteiger charge is 2.20. The van der Waals surface area contributed by atoms with Gasteiger partial charge in [0.15, 0.2) is 0 Å². The van der Waals surface area contributed by atoms with E-state index in [4.69, 9.17) is 4.74 Å². The lowest BCUT2D eigenvalue weighted by Crippen LogP contribution is -2.20. The smallest absolute Gasteiger partial charge is 0.232 e. The summed E-state index contributed by atoms with van der Waals surface area (Å²) in [5.41, 5.74) is 0.974. The molecule has 2 rings (SSSR count). The Balaban J connectivity index is 1.83. The van der Waals surface area contributed by atoms with Gasteiger partial charge in [-0.1, -0.05) is 13.8 Å². The van der Waals surface area contributed by atoms with E-state index in [2.05, 4.69) is 36.1 Å². The van der Waals surface area contributed by atoms with Crippen molar-refractivity contribution < 1.29 is 4.74 Å². The van der Waals surface area contributed by atoms with Gasteiger partial charge in [-0.25, -0.2) is 4.98 Å². The second kappa shape index (κ2) is 5.45. The van der Waals surface area contributed by atoms with Gasteiger partial charge >= 0.3 is 0 Å². The fraction of sp³-hybridized carbons (Fsp3) is 0.692. The molecular weight excluding hydrogens is 214 g/mol. The molecule has 4 heteroatoms. The summed E-state index contributed by atoms with van der Waals surface area (Å²) in [5.74, 6) is 1.09.